The zero-order valence-electron chi connectivity index (χ0n) is 19.4. The summed E-state index contributed by atoms with van der Waals surface area (Å²) in [4.78, 5) is 48.5. The molecule has 0 radical (unpaired) electrons. The van der Waals surface area contributed by atoms with Crippen molar-refractivity contribution in [2.24, 2.45) is 5.73 Å². The molecule has 212 valence electrons. The van der Waals surface area contributed by atoms with E-state index >= 15 is 0 Å². The highest BCUT2D eigenvalue weighted by molar-refractivity contribution is 6.37. The Morgan fingerprint density at radius 2 is 1.11 bits per heavy atom. The zero-order valence-corrected chi connectivity index (χ0v) is 22.4. The summed E-state index contributed by atoms with van der Waals surface area (Å²) in [5.41, 5.74) is 6.43. The Balaban J connectivity index is -0.000000469. The van der Waals surface area contributed by atoms with Gasteiger partial charge in [-0.1, -0.05) is 46.4 Å². The average Bonchev–Trinajstić information content (AvgIpc) is 2.74. The highest BCUT2D eigenvalue weighted by atomic mass is 35.5. The van der Waals surface area contributed by atoms with Gasteiger partial charge in [0.15, 0.2) is 11.5 Å². The number of carbonyl (C=O) groups is 5. The fourth-order valence-electron chi connectivity index (χ4n) is 1.89. The maximum atomic E-state index is 10.4. The Morgan fingerprint density at radius 1 is 0.789 bits per heavy atom. The van der Waals surface area contributed by atoms with Crippen LogP contribution < -0.4 is 11.9 Å². The van der Waals surface area contributed by atoms with Gasteiger partial charge >= 0.3 is 17.9 Å². The lowest BCUT2D eigenvalue weighted by molar-refractivity contribution is -0.147. The molecule has 0 aliphatic carbocycles. The molecule has 0 aliphatic heterocycles. The Bertz CT molecular complexity index is 1070. The topological polar surface area (TPSA) is 268 Å². The van der Waals surface area contributed by atoms with Crippen LogP contribution in [0.15, 0.2) is 24.3 Å². The van der Waals surface area contributed by atoms with E-state index in [9.17, 15) is 24.3 Å². The van der Waals surface area contributed by atoms with Gasteiger partial charge in [-0.05, 0) is 29.8 Å². The predicted molar refractivity (Wildman–Crippen MR) is 139 cm³/mol. The summed E-state index contributed by atoms with van der Waals surface area (Å²) in [6, 6.07) is 4.79. The van der Waals surface area contributed by atoms with E-state index in [2.05, 4.69) is 0 Å². The van der Waals surface area contributed by atoms with Crippen LogP contribution in [0.2, 0.25) is 20.1 Å². The second-order valence-corrected chi connectivity index (χ2v) is 8.10. The molecule has 38 heavy (non-hydrogen) atoms. The van der Waals surface area contributed by atoms with E-state index in [1.807, 2.05) is 0 Å². The summed E-state index contributed by atoms with van der Waals surface area (Å²) in [7, 11) is 0. The molecule has 2 rings (SSSR count). The third-order valence-electron chi connectivity index (χ3n) is 3.34. The number of phenols is 2. The second kappa shape index (κ2) is 19.7. The normalized spacial score (nSPS) is 9.84. The molecule has 13 nitrogen and oxygen atoms in total. The lowest BCUT2D eigenvalue weighted by Gasteiger charge is -2.11. The van der Waals surface area contributed by atoms with Crippen LogP contribution in [-0.2, 0) is 19.2 Å². The van der Waals surface area contributed by atoms with Crippen LogP contribution in [0.4, 0.5) is 0 Å². The lowest BCUT2D eigenvalue weighted by Crippen LogP contribution is -2.14. The largest absolute Gasteiger partial charge is 0.505 e. The number of phenolic OH excluding ortho intramolecular Hbond substituents is 2. The molecule has 2 aromatic rings. The second-order valence-electron chi connectivity index (χ2n) is 6.47. The maximum Gasteiger partial charge on any atom is 0.314 e. The number of halogens is 4. The standard InChI is InChI=1S/C9H9Cl2NO3.C7H4Cl2O2.C3H4O4.C2H4O2.H3N/c10-5-1-4(2-6(11)9(5)15)7(12)3-8(13)14;8-5-1-4(3-10)2-6(9)7(5)11;4-2(5)1-3(6)7;1-2(3)4;/h1-2,7,15H,3,12H2,(H,13,14);1-3,11H;1H2,(H,4,5)(H,6,7);1H3,(H,3,4);1H3. The molecule has 0 bridgehead atoms. The first-order chi connectivity index (χ1) is 16.9. The first-order valence-corrected chi connectivity index (χ1v) is 10.9. The van der Waals surface area contributed by atoms with Crippen molar-refractivity contribution in [2.75, 3.05) is 0 Å². The Labute approximate surface area is 235 Å². The molecule has 0 saturated heterocycles. The van der Waals surface area contributed by atoms with Crippen LogP contribution in [0.1, 0.15) is 41.7 Å². The van der Waals surface area contributed by atoms with E-state index in [1.165, 1.54) is 24.3 Å². The lowest BCUT2D eigenvalue weighted by atomic mass is 10.0. The first kappa shape index (κ1) is 39.2. The first-order valence-electron chi connectivity index (χ1n) is 9.34. The Hall–Kier alpha value is -3.33. The summed E-state index contributed by atoms with van der Waals surface area (Å²) in [5, 5.41) is 50.0. The van der Waals surface area contributed by atoms with Crippen molar-refractivity contribution in [3.63, 3.8) is 0 Å². The highest BCUT2D eigenvalue weighted by Gasteiger charge is 2.14. The van der Waals surface area contributed by atoms with Crippen molar-refractivity contribution < 1.29 is 54.6 Å². The van der Waals surface area contributed by atoms with E-state index in [-0.39, 0.29) is 44.2 Å². The molecule has 0 fully saturated rings. The summed E-state index contributed by atoms with van der Waals surface area (Å²) >= 11 is 22.3. The summed E-state index contributed by atoms with van der Waals surface area (Å²) < 4.78 is 0. The van der Waals surface area contributed by atoms with Gasteiger partial charge in [-0.25, -0.2) is 0 Å². The molecular formula is C21H24Cl4N2O11. The number of aldehydes is 1. The molecule has 1 unspecified atom stereocenters. The molecule has 0 amide bonds. The zero-order chi connectivity index (χ0) is 29.5. The van der Waals surface area contributed by atoms with Crippen LogP contribution in [0.3, 0.4) is 0 Å². The van der Waals surface area contributed by atoms with Crippen LogP contribution in [0.5, 0.6) is 11.5 Å². The quantitative estimate of drug-likeness (QED) is 0.163. The van der Waals surface area contributed by atoms with Gasteiger partial charge in [0.1, 0.15) is 12.7 Å². The molecule has 0 saturated carbocycles. The Morgan fingerprint density at radius 3 is 1.34 bits per heavy atom. The number of hydrogen-bond acceptors (Lipinski definition) is 9. The fourth-order valence-corrected chi connectivity index (χ4v) is 2.90. The third kappa shape index (κ3) is 18.0. The van der Waals surface area contributed by atoms with Crippen LogP contribution in [-0.4, -0.2) is 60.8 Å². The minimum atomic E-state index is -1.31. The van der Waals surface area contributed by atoms with Crippen molar-refractivity contribution in [1.82, 2.24) is 6.15 Å². The summed E-state index contributed by atoms with van der Waals surface area (Å²) in [5.74, 6) is -4.90. The van der Waals surface area contributed by atoms with Gasteiger partial charge in [-0.2, -0.15) is 0 Å². The van der Waals surface area contributed by atoms with Gasteiger partial charge < -0.3 is 42.5 Å². The molecule has 2 aromatic carbocycles. The number of aliphatic carboxylic acids is 4. The van der Waals surface area contributed by atoms with Crippen LogP contribution in [0, 0.1) is 0 Å². The molecule has 1 atom stereocenters. The molecular weight excluding hydrogens is 598 g/mol. The average molecular weight is 622 g/mol. The van der Waals surface area contributed by atoms with Crippen LogP contribution in [0.25, 0.3) is 0 Å². The SMILES string of the molecule is CC(=O)O.N.NC(CC(=O)O)c1cc(Cl)c(O)c(Cl)c1.O=C(O)CC(=O)O.O=Cc1cc(Cl)c(O)c(Cl)c1. The van der Waals surface area contributed by atoms with E-state index in [0.29, 0.717) is 17.4 Å². The van der Waals surface area contributed by atoms with Gasteiger partial charge in [0, 0.05) is 18.5 Å². The van der Waals surface area contributed by atoms with Crippen molar-refractivity contribution in [2.45, 2.75) is 25.8 Å². The van der Waals surface area contributed by atoms with Gasteiger partial charge in [0.25, 0.3) is 5.97 Å². The number of carbonyl (C=O) groups excluding carboxylic acids is 1. The van der Waals surface area contributed by atoms with Crippen molar-refractivity contribution >= 4 is 76.6 Å². The van der Waals surface area contributed by atoms with Crippen molar-refractivity contribution in [3.8, 4) is 11.5 Å². The highest BCUT2D eigenvalue weighted by Crippen LogP contribution is 2.34. The molecule has 17 heteroatoms. The fraction of sp³-hybridized carbons (Fsp3) is 0.190. The Kier molecular flexibility index (Phi) is 20.4. The number of aromatic hydroxyl groups is 2. The third-order valence-corrected chi connectivity index (χ3v) is 4.49. The smallest absolute Gasteiger partial charge is 0.314 e. The number of rotatable bonds is 6. The molecule has 0 aliphatic rings. The van der Waals surface area contributed by atoms with Crippen molar-refractivity contribution in [1.29, 1.82) is 0 Å². The monoisotopic (exact) mass is 620 g/mol. The number of carboxylic acids is 4. The predicted octanol–water partition coefficient (Wildman–Crippen LogP) is 4.48. The number of nitrogens with two attached hydrogens (primary N) is 1. The molecule has 0 spiro atoms. The van der Waals surface area contributed by atoms with Gasteiger partial charge in [0.05, 0.1) is 26.5 Å². The van der Waals surface area contributed by atoms with E-state index in [4.69, 9.17) is 82.5 Å². The van der Waals surface area contributed by atoms with E-state index in [0.717, 1.165) is 6.92 Å². The van der Waals surface area contributed by atoms with E-state index < -0.39 is 36.3 Å². The minimum absolute atomic E-state index is 0. The maximum absolute atomic E-state index is 10.4. The number of carboxylic acid groups (broad SMARTS) is 4. The number of hydrogen-bond donors (Lipinski definition) is 8. The van der Waals surface area contributed by atoms with Crippen LogP contribution >= 0.6 is 46.4 Å². The molecule has 11 N–H and O–H groups in total. The van der Waals surface area contributed by atoms with Gasteiger partial charge in [0.2, 0.25) is 0 Å². The summed E-state index contributed by atoms with van der Waals surface area (Å²) in [6.45, 7) is 1.08. The molecule has 0 aromatic heterocycles. The minimum Gasteiger partial charge on any atom is -0.505 e. The molecule has 0 heterocycles. The van der Waals surface area contributed by atoms with E-state index in [1.54, 1.807) is 0 Å². The number of benzene rings is 2. The summed E-state index contributed by atoms with van der Waals surface area (Å²) in [6.07, 6.45) is -0.422. The van der Waals surface area contributed by atoms with Crippen molar-refractivity contribution in [3.05, 3.63) is 55.5 Å². The van der Waals surface area contributed by atoms with Gasteiger partial charge in [-0.3, -0.25) is 24.0 Å². The van der Waals surface area contributed by atoms with Gasteiger partial charge in [-0.15, -0.1) is 0 Å².